The monoisotopic (exact) mass is 337 g/mol. The number of nitrogens with zero attached hydrogens (tertiary/aromatic N) is 1. The normalized spacial score (nSPS) is 9.50. The number of rotatable bonds is 5. The summed E-state index contributed by atoms with van der Waals surface area (Å²) in [6, 6.07) is 1.94. The molecule has 2 rings (SSSR count). The Morgan fingerprint density at radius 2 is 2.25 bits per heavy atom. The van der Waals surface area contributed by atoms with Gasteiger partial charge in [-0.3, -0.25) is 4.79 Å². The Bertz CT molecular complexity index is 529. The van der Waals surface area contributed by atoms with E-state index < -0.39 is 0 Å². The van der Waals surface area contributed by atoms with Crippen LogP contribution in [0.2, 0.25) is 0 Å². The minimum Gasteiger partial charge on any atom is -0.441 e. The van der Waals surface area contributed by atoms with Crippen LogP contribution in [0.3, 0.4) is 0 Å². The molecule has 112 valence electrons. The van der Waals surface area contributed by atoms with Crippen LogP contribution in [0.15, 0.2) is 21.2 Å². The predicted molar refractivity (Wildman–Crippen MR) is 84.8 cm³/mol. The summed E-state index contributed by atoms with van der Waals surface area (Å²) in [6.07, 6.45) is 0.222. The Hall–Kier alpha value is -1.08. The molecule has 2 aromatic rings. The fourth-order valence-electron chi connectivity index (χ4n) is 1.53. The van der Waals surface area contributed by atoms with E-state index in [-0.39, 0.29) is 37.1 Å². The first kappa shape index (κ1) is 18.9. The summed E-state index contributed by atoms with van der Waals surface area (Å²) in [5, 5.41) is 6.63. The van der Waals surface area contributed by atoms with Crippen LogP contribution >= 0.6 is 36.2 Å². The summed E-state index contributed by atoms with van der Waals surface area (Å²) < 4.78 is 5.56. The van der Waals surface area contributed by atoms with Crippen molar-refractivity contribution >= 4 is 42.1 Å². The Kier molecular flexibility index (Phi) is 8.48. The molecule has 20 heavy (non-hydrogen) atoms. The lowest BCUT2D eigenvalue weighted by atomic mass is 10.2. The average Bonchev–Trinajstić information content (AvgIpc) is 2.97. The number of oxazole rings is 1. The number of halogens is 2. The van der Waals surface area contributed by atoms with E-state index in [0.717, 1.165) is 5.56 Å². The molecule has 5 nitrogen and oxygen atoms in total. The summed E-state index contributed by atoms with van der Waals surface area (Å²) in [4.78, 5) is 15.9. The second kappa shape index (κ2) is 8.97. The lowest BCUT2D eigenvalue weighted by Gasteiger charge is -2.00. The molecule has 0 unspecified atom stereocenters. The molecule has 0 aliphatic rings. The van der Waals surface area contributed by atoms with Gasteiger partial charge >= 0.3 is 0 Å². The van der Waals surface area contributed by atoms with Crippen molar-refractivity contribution in [3.63, 3.8) is 0 Å². The SMILES string of the molecule is Cc1oc(-c2ccsc2)nc1CC(=O)NCCN.Cl.Cl. The van der Waals surface area contributed by atoms with Crippen molar-refractivity contribution in [3.05, 3.63) is 28.3 Å². The first-order valence-corrected chi connectivity index (χ1v) is 6.60. The van der Waals surface area contributed by atoms with Gasteiger partial charge in [-0.1, -0.05) is 0 Å². The number of aromatic nitrogens is 1. The third-order valence-corrected chi connectivity index (χ3v) is 3.14. The first-order valence-electron chi connectivity index (χ1n) is 5.66. The van der Waals surface area contributed by atoms with Gasteiger partial charge in [-0.2, -0.15) is 11.3 Å². The number of carbonyl (C=O) groups excluding carboxylic acids is 1. The largest absolute Gasteiger partial charge is 0.441 e. The molecule has 0 saturated carbocycles. The Morgan fingerprint density at radius 3 is 2.85 bits per heavy atom. The first-order chi connectivity index (χ1) is 8.70. The summed E-state index contributed by atoms with van der Waals surface area (Å²) in [7, 11) is 0. The Labute approximate surface area is 133 Å². The predicted octanol–water partition coefficient (Wildman–Crippen LogP) is 2.17. The zero-order valence-electron chi connectivity index (χ0n) is 10.9. The standard InChI is InChI=1S/C12H15N3O2S.2ClH/c1-8-10(6-11(16)14-4-3-13)15-12(17-8)9-2-5-18-7-9;;/h2,5,7H,3-4,6,13H2,1H3,(H,14,16);2*1H. The van der Waals surface area contributed by atoms with Crippen molar-refractivity contribution in [1.82, 2.24) is 10.3 Å². The number of thiophene rings is 1. The minimum absolute atomic E-state index is 0. The topological polar surface area (TPSA) is 81.2 Å². The highest BCUT2D eigenvalue weighted by molar-refractivity contribution is 7.08. The zero-order chi connectivity index (χ0) is 13.0. The molecule has 0 aliphatic heterocycles. The van der Waals surface area contributed by atoms with Gasteiger partial charge in [-0.15, -0.1) is 24.8 Å². The lowest BCUT2D eigenvalue weighted by Crippen LogP contribution is -2.30. The van der Waals surface area contributed by atoms with E-state index in [0.29, 0.717) is 30.4 Å². The quantitative estimate of drug-likeness (QED) is 0.875. The Balaban J connectivity index is 0.00000180. The van der Waals surface area contributed by atoms with Gasteiger partial charge in [0.05, 0.1) is 12.1 Å². The van der Waals surface area contributed by atoms with E-state index in [1.807, 2.05) is 23.8 Å². The molecule has 2 aromatic heterocycles. The van der Waals surface area contributed by atoms with Crippen molar-refractivity contribution < 1.29 is 9.21 Å². The van der Waals surface area contributed by atoms with Crippen LogP contribution in [0.25, 0.3) is 11.5 Å². The van der Waals surface area contributed by atoms with Crippen molar-refractivity contribution in [2.24, 2.45) is 5.73 Å². The van der Waals surface area contributed by atoms with Crippen LogP contribution in [0.1, 0.15) is 11.5 Å². The lowest BCUT2D eigenvalue weighted by molar-refractivity contribution is -0.120. The third-order valence-electron chi connectivity index (χ3n) is 2.46. The number of nitrogens with two attached hydrogens (primary N) is 1. The smallest absolute Gasteiger partial charge is 0.227 e. The number of nitrogens with one attached hydrogen (secondary N) is 1. The van der Waals surface area contributed by atoms with E-state index >= 15 is 0 Å². The summed E-state index contributed by atoms with van der Waals surface area (Å²) >= 11 is 1.58. The van der Waals surface area contributed by atoms with E-state index in [9.17, 15) is 4.79 Å². The van der Waals surface area contributed by atoms with Gasteiger partial charge in [-0.25, -0.2) is 4.98 Å². The number of hydrogen-bond acceptors (Lipinski definition) is 5. The van der Waals surface area contributed by atoms with Gasteiger partial charge in [0.2, 0.25) is 11.8 Å². The molecule has 0 aliphatic carbocycles. The highest BCUT2D eigenvalue weighted by atomic mass is 35.5. The molecule has 0 atom stereocenters. The molecule has 0 radical (unpaired) electrons. The number of hydrogen-bond donors (Lipinski definition) is 2. The van der Waals surface area contributed by atoms with Gasteiger partial charge in [0.25, 0.3) is 0 Å². The van der Waals surface area contributed by atoms with Crippen LogP contribution < -0.4 is 11.1 Å². The van der Waals surface area contributed by atoms with Crippen molar-refractivity contribution in [3.8, 4) is 11.5 Å². The molecule has 2 heterocycles. The summed E-state index contributed by atoms with van der Waals surface area (Å²) in [5.74, 6) is 1.16. The summed E-state index contributed by atoms with van der Waals surface area (Å²) in [6.45, 7) is 2.73. The van der Waals surface area contributed by atoms with E-state index in [1.54, 1.807) is 11.3 Å². The molecule has 8 heteroatoms. The van der Waals surface area contributed by atoms with Crippen LogP contribution in [-0.2, 0) is 11.2 Å². The third kappa shape index (κ3) is 4.79. The van der Waals surface area contributed by atoms with Crippen molar-refractivity contribution in [2.45, 2.75) is 13.3 Å². The molecule has 1 amide bonds. The van der Waals surface area contributed by atoms with Crippen LogP contribution in [0, 0.1) is 6.92 Å². The number of carbonyl (C=O) groups is 1. The van der Waals surface area contributed by atoms with E-state index in [4.69, 9.17) is 10.2 Å². The Morgan fingerprint density at radius 1 is 1.50 bits per heavy atom. The summed E-state index contributed by atoms with van der Waals surface area (Å²) in [5.41, 5.74) is 6.93. The molecule has 3 N–H and O–H groups in total. The van der Waals surface area contributed by atoms with Gasteiger partial charge < -0.3 is 15.5 Å². The molecule has 0 aromatic carbocycles. The van der Waals surface area contributed by atoms with E-state index in [1.165, 1.54) is 0 Å². The second-order valence-corrected chi connectivity index (χ2v) is 4.63. The van der Waals surface area contributed by atoms with Gasteiger partial charge in [0.1, 0.15) is 5.76 Å². The zero-order valence-corrected chi connectivity index (χ0v) is 13.4. The maximum absolute atomic E-state index is 11.6. The fourth-order valence-corrected chi connectivity index (χ4v) is 2.16. The molecule has 0 spiro atoms. The second-order valence-electron chi connectivity index (χ2n) is 3.85. The van der Waals surface area contributed by atoms with Crippen LogP contribution in [0.4, 0.5) is 0 Å². The van der Waals surface area contributed by atoms with Gasteiger partial charge in [0.15, 0.2) is 0 Å². The molecule has 0 bridgehead atoms. The highest BCUT2D eigenvalue weighted by Gasteiger charge is 2.14. The molecular formula is C12H17Cl2N3O2S. The van der Waals surface area contributed by atoms with Crippen LogP contribution in [0.5, 0.6) is 0 Å². The molecular weight excluding hydrogens is 321 g/mol. The maximum atomic E-state index is 11.6. The van der Waals surface area contributed by atoms with Gasteiger partial charge in [0, 0.05) is 24.0 Å². The molecule has 0 saturated heterocycles. The van der Waals surface area contributed by atoms with Crippen molar-refractivity contribution in [2.75, 3.05) is 13.1 Å². The van der Waals surface area contributed by atoms with Crippen LogP contribution in [-0.4, -0.2) is 24.0 Å². The number of aryl methyl sites for hydroxylation is 1. The van der Waals surface area contributed by atoms with Gasteiger partial charge in [-0.05, 0) is 18.4 Å². The fraction of sp³-hybridized carbons (Fsp3) is 0.333. The maximum Gasteiger partial charge on any atom is 0.227 e. The van der Waals surface area contributed by atoms with Crippen molar-refractivity contribution in [1.29, 1.82) is 0 Å². The average molecular weight is 338 g/mol. The highest BCUT2D eigenvalue weighted by Crippen LogP contribution is 2.23. The molecule has 0 fully saturated rings. The number of amides is 1. The van der Waals surface area contributed by atoms with E-state index in [2.05, 4.69) is 10.3 Å². The minimum atomic E-state index is -0.0891.